The van der Waals surface area contributed by atoms with Crippen LogP contribution in [-0.2, 0) is 11.2 Å². The average Bonchev–Trinajstić information content (AvgIpc) is 3.27. The molecule has 0 unspecified atom stereocenters. The normalized spacial score (nSPS) is 10.4. The third kappa shape index (κ3) is 3.32. The molecule has 8 heteroatoms. The highest BCUT2D eigenvalue weighted by atomic mass is 16.6. The van der Waals surface area contributed by atoms with Crippen molar-refractivity contribution in [3.63, 3.8) is 0 Å². The van der Waals surface area contributed by atoms with Gasteiger partial charge in [-0.05, 0) is 30.3 Å². The minimum atomic E-state index is -0.771. The van der Waals surface area contributed by atoms with Gasteiger partial charge in [-0.25, -0.2) is 4.98 Å². The van der Waals surface area contributed by atoms with E-state index in [-0.39, 0.29) is 18.2 Å². The molecule has 0 fully saturated rings. The molecule has 0 atom stereocenters. The molecule has 0 spiro atoms. The van der Waals surface area contributed by atoms with Crippen molar-refractivity contribution in [1.29, 1.82) is 0 Å². The quantitative estimate of drug-likeness (QED) is 0.523. The zero-order valence-corrected chi connectivity index (χ0v) is 12.7. The predicted octanol–water partition coefficient (Wildman–Crippen LogP) is 2.19. The number of hydrogen-bond acceptors (Lipinski definition) is 7. The van der Waals surface area contributed by atoms with Gasteiger partial charge < -0.3 is 13.9 Å². The Morgan fingerprint density at radius 1 is 1.17 bits per heavy atom. The van der Waals surface area contributed by atoms with Crippen LogP contribution < -0.4 is 9.47 Å². The maximum absolute atomic E-state index is 12.0. The Morgan fingerprint density at radius 3 is 2.58 bits per heavy atom. The van der Waals surface area contributed by atoms with E-state index >= 15 is 0 Å². The summed E-state index contributed by atoms with van der Waals surface area (Å²) in [6.45, 7) is 0. The summed E-state index contributed by atoms with van der Waals surface area (Å²) >= 11 is 0. The molecule has 1 N–H and O–H groups in total. The molecule has 0 saturated carbocycles. The van der Waals surface area contributed by atoms with Crippen molar-refractivity contribution in [3.05, 3.63) is 54.3 Å². The molecule has 8 nitrogen and oxygen atoms in total. The van der Waals surface area contributed by atoms with E-state index in [0.717, 1.165) is 0 Å². The lowest BCUT2D eigenvalue weighted by Crippen LogP contribution is -2.18. The Labute approximate surface area is 136 Å². The summed E-state index contributed by atoms with van der Waals surface area (Å²) in [4.78, 5) is 27.6. The van der Waals surface area contributed by atoms with E-state index in [0.29, 0.717) is 17.1 Å². The largest absolute Gasteiger partial charge is 0.497 e. The molecule has 2 aromatic heterocycles. The van der Waals surface area contributed by atoms with Crippen LogP contribution in [0.5, 0.6) is 17.4 Å². The third-order valence-corrected chi connectivity index (χ3v) is 3.20. The Bertz CT molecular complexity index is 837. The summed E-state index contributed by atoms with van der Waals surface area (Å²) in [5, 5.41) is 5.99. The molecule has 1 aromatic carbocycles. The fourth-order valence-corrected chi connectivity index (χ4v) is 1.99. The van der Waals surface area contributed by atoms with Gasteiger partial charge in [-0.15, -0.1) is 5.10 Å². The minimum absolute atomic E-state index is 0.149. The lowest BCUT2D eigenvalue weighted by atomic mass is 10.1. The molecule has 0 aliphatic rings. The number of carbonyl (C=O) groups excluding carboxylic acids is 2. The SMILES string of the molecule is COc1ccc(Oc2occc2CC(=O)C(=O)c2nc[nH]n2)cc1. The number of benzene rings is 1. The number of aromatic amines is 1. The van der Waals surface area contributed by atoms with Gasteiger partial charge in [0.25, 0.3) is 11.7 Å². The second-order valence-corrected chi connectivity index (χ2v) is 4.76. The van der Waals surface area contributed by atoms with Gasteiger partial charge in [0, 0.05) is 12.0 Å². The monoisotopic (exact) mass is 327 g/mol. The average molecular weight is 327 g/mol. The van der Waals surface area contributed by atoms with Crippen LogP contribution in [0.3, 0.4) is 0 Å². The van der Waals surface area contributed by atoms with Crippen LogP contribution in [0.2, 0.25) is 0 Å². The van der Waals surface area contributed by atoms with Gasteiger partial charge in [0.15, 0.2) is 0 Å². The van der Waals surface area contributed by atoms with Crippen molar-refractivity contribution < 1.29 is 23.5 Å². The summed E-state index contributed by atoms with van der Waals surface area (Å²) < 4.78 is 15.9. The second-order valence-electron chi connectivity index (χ2n) is 4.76. The van der Waals surface area contributed by atoms with Gasteiger partial charge in [0.2, 0.25) is 11.6 Å². The number of aromatic nitrogens is 3. The van der Waals surface area contributed by atoms with Crippen molar-refractivity contribution in [2.45, 2.75) is 6.42 Å². The number of nitrogens with one attached hydrogen (secondary N) is 1. The van der Waals surface area contributed by atoms with E-state index in [1.54, 1.807) is 37.4 Å². The summed E-state index contributed by atoms with van der Waals surface area (Å²) in [6.07, 6.45) is 2.45. The number of furan rings is 1. The van der Waals surface area contributed by atoms with Crippen LogP contribution in [-0.4, -0.2) is 33.9 Å². The van der Waals surface area contributed by atoms with Gasteiger partial charge in [0.05, 0.1) is 13.4 Å². The molecule has 3 aromatic rings. The van der Waals surface area contributed by atoms with Gasteiger partial charge >= 0.3 is 0 Å². The number of hydrogen-bond donors (Lipinski definition) is 1. The molecule has 3 rings (SSSR count). The Balaban J connectivity index is 1.70. The fourth-order valence-electron chi connectivity index (χ4n) is 1.99. The maximum Gasteiger partial charge on any atom is 0.293 e. The number of rotatable bonds is 7. The van der Waals surface area contributed by atoms with Gasteiger partial charge in [-0.1, -0.05) is 0 Å². The first-order valence-corrected chi connectivity index (χ1v) is 6.99. The van der Waals surface area contributed by atoms with Crippen molar-refractivity contribution in [2.75, 3.05) is 7.11 Å². The zero-order chi connectivity index (χ0) is 16.9. The van der Waals surface area contributed by atoms with E-state index in [4.69, 9.17) is 13.9 Å². The van der Waals surface area contributed by atoms with Gasteiger partial charge in [0.1, 0.15) is 17.8 Å². The van der Waals surface area contributed by atoms with E-state index in [1.165, 1.54) is 12.6 Å². The van der Waals surface area contributed by atoms with Crippen LogP contribution in [0.25, 0.3) is 0 Å². The molecule has 122 valence electrons. The second kappa shape index (κ2) is 6.78. The summed E-state index contributed by atoms with van der Waals surface area (Å²) in [6, 6.07) is 8.44. The molecule has 0 bridgehead atoms. The first-order chi connectivity index (χ1) is 11.7. The summed E-state index contributed by atoms with van der Waals surface area (Å²) in [7, 11) is 1.57. The number of methoxy groups -OCH3 is 1. The number of ether oxygens (including phenoxy) is 2. The minimum Gasteiger partial charge on any atom is -0.497 e. The predicted molar refractivity (Wildman–Crippen MR) is 81.2 cm³/mol. The molecular formula is C16H13N3O5. The van der Waals surface area contributed by atoms with Crippen LogP contribution in [0, 0.1) is 0 Å². The molecule has 0 aliphatic heterocycles. The smallest absolute Gasteiger partial charge is 0.293 e. The Morgan fingerprint density at radius 2 is 1.92 bits per heavy atom. The first kappa shape index (κ1) is 15.5. The van der Waals surface area contributed by atoms with Crippen molar-refractivity contribution in [2.24, 2.45) is 0 Å². The lowest BCUT2D eigenvalue weighted by molar-refractivity contribution is -0.114. The Kier molecular flexibility index (Phi) is 4.37. The Hall–Kier alpha value is -3.42. The van der Waals surface area contributed by atoms with Crippen LogP contribution in [0.15, 0.2) is 47.3 Å². The van der Waals surface area contributed by atoms with Crippen molar-refractivity contribution in [1.82, 2.24) is 15.2 Å². The van der Waals surface area contributed by atoms with Crippen molar-refractivity contribution >= 4 is 11.6 Å². The van der Waals surface area contributed by atoms with Gasteiger partial charge in [-0.2, -0.15) is 0 Å². The number of ketones is 2. The molecule has 0 radical (unpaired) electrons. The molecule has 24 heavy (non-hydrogen) atoms. The molecule has 0 aliphatic carbocycles. The van der Waals surface area contributed by atoms with Crippen LogP contribution >= 0.6 is 0 Å². The maximum atomic E-state index is 12.0. The standard InChI is InChI=1S/C16H13N3O5/c1-22-11-2-4-12(5-3-11)24-16-10(6-7-23-16)8-13(20)14(21)15-17-9-18-19-15/h2-7,9H,8H2,1H3,(H,17,18,19). The molecule has 0 amide bonds. The van der Waals surface area contributed by atoms with E-state index in [2.05, 4.69) is 15.2 Å². The summed E-state index contributed by atoms with van der Waals surface area (Å²) in [5.74, 6) is -0.241. The molecule has 0 saturated heterocycles. The highest BCUT2D eigenvalue weighted by Gasteiger charge is 2.22. The molecule has 2 heterocycles. The fraction of sp³-hybridized carbons (Fsp3) is 0.125. The number of Topliss-reactive ketones (excluding diaryl/α,β-unsaturated/α-hetero) is 2. The topological polar surface area (TPSA) is 107 Å². The number of H-pyrrole nitrogens is 1. The lowest BCUT2D eigenvalue weighted by Gasteiger charge is -2.05. The van der Waals surface area contributed by atoms with Crippen molar-refractivity contribution in [3.8, 4) is 17.4 Å². The molecular weight excluding hydrogens is 314 g/mol. The van der Waals surface area contributed by atoms with Crippen LogP contribution in [0.1, 0.15) is 16.2 Å². The first-order valence-electron chi connectivity index (χ1n) is 6.99. The van der Waals surface area contributed by atoms with Gasteiger partial charge in [-0.3, -0.25) is 14.7 Å². The number of nitrogens with zero attached hydrogens (tertiary/aromatic N) is 2. The zero-order valence-electron chi connectivity index (χ0n) is 12.7. The number of carbonyl (C=O) groups is 2. The van der Waals surface area contributed by atoms with E-state index < -0.39 is 11.6 Å². The summed E-state index contributed by atoms with van der Waals surface area (Å²) in [5.41, 5.74) is 0.458. The third-order valence-electron chi connectivity index (χ3n) is 3.20. The highest BCUT2D eigenvalue weighted by Crippen LogP contribution is 2.28. The van der Waals surface area contributed by atoms with E-state index in [1.807, 2.05) is 0 Å². The highest BCUT2D eigenvalue weighted by molar-refractivity contribution is 6.43. The van der Waals surface area contributed by atoms with E-state index in [9.17, 15) is 9.59 Å². The van der Waals surface area contributed by atoms with Crippen LogP contribution in [0.4, 0.5) is 0 Å².